The number of hydrogen-bond donors (Lipinski definition) is 2. The molecule has 148 valence electrons. The van der Waals surface area contributed by atoms with Crippen LogP contribution >= 0.6 is 0 Å². The molecule has 0 aliphatic heterocycles. The maximum absolute atomic E-state index is 13.3. The fraction of sp³-hybridized carbons (Fsp3) is 0.222. The second kappa shape index (κ2) is 7.56. The number of nitrogens with one attached hydrogen (secondary N) is 1. The van der Waals surface area contributed by atoms with Crippen molar-refractivity contribution in [3.8, 4) is 5.69 Å². The zero-order chi connectivity index (χ0) is 20.5. The first kappa shape index (κ1) is 19.8. The predicted molar refractivity (Wildman–Crippen MR) is 104 cm³/mol. The number of anilines is 1. The molecule has 0 bridgehead atoms. The summed E-state index contributed by atoms with van der Waals surface area (Å²) in [5.74, 6) is -0.813. The van der Waals surface area contributed by atoms with Gasteiger partial charge in [-0.15, -0.1) is 0 Å². The van der Waals surface area contributed by atoms with Crippen molar-refractivity contribution in [3.63, 3.8) is 0 Å². The standard InChI is InChI=1S/C18H19FN4O4S/c1-20-18(25)17-15-8-7-14(22(9-10-24)28(2,26)27)11-16(15)21-23(17)13-5-3-12(19)4-6-13/h3-8,11,24H,9-10H2,1-2H3,(H,20,25). The first-order valence-electron chi connectivity index (χ1n) is 8.35. The van der Waals surface area contributed by atoms with Crippen LogP contribution in [0.4, 0.5) is 10.1 Å². The van der Waals surface area contributed by atoms with Crippen LogP contribution in [-0.4, -0.2) is 55.7 Å². The summed E-state index contributed by atoms with van der Waals surface area (Å²) in [5.41, 5.74) is 1.42. The minimum absolute atomic E-state index is 0.106. The normalized spacial score (nSPS) is 11.6. The highest BCUT2D eigenvalue weighted by Gasteiger charge is 2.22. The Morgan fingerprint density at radius 2 is 1.93 bits per heavy atom. The van der Waals surface area contributed by atoms with Crippen LogP contribution in [0.2, 0.25) is 0 Å². The molecule has 0 atom stereocenters. The highest BCUT2D eigenvalue weighted by atomic mass is 32.2. The molecule has 2 aromatic carbocycles. The summed E-state index contributed by atoms with van der Waals surface area (Å²) in [5, 5.41) is 16.7. The summed E-state index contributed by atoms with van der Waals surface area (Å²) >= 11 is 0. The van der Waals surface area contributed by atoms with Crippen LogP contribution in [0.25, 0.3) is 16.6 Å². The first-order chi connectivity index (χ1) is 13.3. The minimum Gasteiger partial charge on any atom is -0.394 e. The summed E-state index contributed by atoms with van der Waals surface area (Å²) in [4.78, 5) is 12.4. The second-order valence-corrected chi connectivity index (χ2v) is 7.98. The molecule has 0 aliphatic carbocycles. The summed E-state index contributed by atoms with van der Waals surface area (Å²) in [6, 6.07) is 10.2. The van der Waals surface area contributed by atoms with Crippen LogP contribution in [0.5, 0.6) is 0 Å². The van der Waals surface area contributed by atoms with E-state index in [0.29, 0.717) is 22.3 Å². The molecule has 10 heteroatoms. The monoisotopic (exact) mass is 406 g/mol. The van der Waals surface area contributed by atoms with Gasteiger partial charge < -0.3 is 10.4 Å². The molecule has 0 spiro atoms. The van der Waals surface area contributed by atoms with Crippen LogP contribution in [0.1, 0.15) is 10.5 Å². The van der Waals surface area contributed by atoms with E-state index in [-0.39, 0.29) is 18.8 Å². The van der Waals surface area contributed by atoms with Gasteiger partial charge in [0.15, 0.2) is 0 Å². The molecule has 0 aliphatic rings. The summed E-state index contributed by atoms with van der Waals surface area (Å²) in [7, 11) is -2.13. The number of amides is 1. The van der Waals surface area contributed by atoms with E-state index in [1.807, 2.05) is 0 Å². The van der Waals surface area contributed by atoms with E-state index in [2.05, 4.69) is 10.4 Å². The van der Waals surface area contributed by atoms with Crippen molar-refractivity contribution in [2.45, 2.75) is 0 Å². The van der Waals surface area contributed by atoms with Crippen molar-refractivity contribution < 1.29 is 22.7 Å². The van der Waals surface area contributed by atoms with Gasteiger partial charge in [0, 0.05) is 12.4 Å². The Bertz CT molecular complexity index is 1130. The highest BCUT2D eigenvalue weighted by molar-refractivity contribution is 7.92. The largest absolute Gasteiger partial charge is 0.394 e. The number of rotatable bonds is 6. The fourth-order valence-corrected chi connectivity index (χ4v) is 3.82. The summed E-state index contributed by atoms with van der Waals surface area (Å²) in [6.45, 7) is -0.454. The molecule has 1 heterocycles. The van der Waals surface area contributed by atoms with E-state index in [1.165, 1.54) is 42.1 Å². The molecular formula is C18H19FN4O4S. The third kappa shape index (κ3) is 3.69. The van der Waals surface area contributed by atoms with Gasteiger partial charge >= 0.3 is 0 Å². The average Bonchev–Trinajstić information content (AvgIpc) is 3.03. The molecule has 1 aromatic heterocycles. The molecule has 0 saturated carbocycles. The van der Waals surface area contributed by atoms with Crippen molar-refractivity contribution in [3.05, 3.63) is 54.0 Å². The van der Waals surface area contributed by atoms with Gasteiger partial charge in [0.1, 0.15) is 11.5 Å². The molecule has 28 heavy (non-hydrogen) atoms. The number of nitrogens with zero attached hydrogens (tertiary/aromatic N) is 3. The van der Waals surface area contributed by atoms with Crippen molar-refractivity contribution >= 4 is 32.5 Å². The molecule has 3 rings (SSSR count). The number of carbonyl (C=O) groups excluding carboxylic acids is 1. The number of aliphatic hydroxyl groups is 1. The van der Waals surface area contributed by atoms with Crippen molar-refractivity contribution in [1.82, 2.24) is 15.1 Å². The SMILES string of the molecule is CNC(=O)c1c2ccc(N(CCO)S(C)(=O)=O)cc2nn1-c1ccc(F)cc1. The zero-order valence-electron chi connectivity index (χ0n) is 15.3. The van der Waals surface area contributed by atoms with E-state index < -0.39 is 21.7 Å². The smallest absolute Gasteiger partial charge is 0.270 e. The molecule has 0 saturated heterocycles. The third-order valence-corrected chi connectivity index (χ3v) is 5.35. The van der Waals surface area contributed by atoms with E-state index in [9.17, 15) is 22.7 Å². The molecule has 0 unspecified atom stereocenters. The number of hydrogen-bond acceptors (Lipinski definition) is 5. The Morgan fingerprint density at radius 1 is 1.25 bits per heavy atom. The van der Waals surface area contributed by atoms with Crippen LogP contribution in [0.3, 0.4) is 0 Å². The van der Waals surface area contributed by atoms with Gasteiger partial charge in [-0.05, 0) is 42.5 Å². The Morgan fingerprint density at radius 3 is 2.50 bits per heavy atom. The van der Waals surface area contributed by atoms with Crippen molar-refractivity contribution in [2.24, 2.45) is 0 Å². The van der Waals surface area contributed by atoms with Crippen LogP contribution < -0.4 is 9.62 Å². The van der Waals surface area contributed by atoms with Crippen LogP contribution in [0.15, 0.2) is 42.5 Å². The quantitative estimate of drug-likeness (QED) is 0.642. The minimum atomic E-state index is -3.61. The summed E-state index contributed by atoms with van der Waals surface area (Å²) < 4.78 is 39.8. The maximum Gasteiger partial charge on any atom is 0.270 e. The Balaban J connectivity index is 2.22. The fourth-order valence-electron chi connectivity index (χ4n) is 2.91. The lowest BCUT2D eigenvalue weighted by Gasteiger charge is -2.21. The van der Waals surface area contributed by atoms with Crippen LogP contribution in [0, 0.1) is 5.82 Å². The Kier molecular flexibility index (Phi) is 5.34. The van der Waals surface area contributed by atoms with Gasteiger partial charge in [0.25, 0.3) is 5.91 Å². The number of halogens is 1. The molecular weight excluding hydrogens is 387 g/mol. The molecule has 0 radical (unpaired) electrons. The molecule has 3 aromatic rings. The van der Waals surface area contributed by atoms with E-state index in [0.717, 1.165) is 10.6 Å². The van der Waals surface area contributed by atoms with E-state index in [1.54, 1.807) is 12.1 Å². The molecule has 8 nitrogen and oxygen atoms in total. The van der Waals surface area contributed by atoms with Crippen molar-refractivity contribution in [1.29, 1.82) is 0 Å². The number of aromatic nitrogens is 2. The molecule has 1 amide bonds. The van der Waals surface area contributed by atoms with Gasteiger partial charge in [-0.25, -0.2) is 17.5 Å². The zero-order valence-corrected chi connectivity index (χ0v) is 16.1. The lowest BCUT2D eigenvalue weighted by Crippen LogP contribution is -2.32. The lowest BCUT2D eigenvalue weighted by atomic mass is 10.1. The van der Waals surface area contributed by atoms with Gasteiger partial charge in [0.2, 0.25) is 10.0 Å². The van der Waals surface area contributed by atoms with Crippen molar-refractivity contribution in [2.75, 3.05) is 30.8 Å². The average molecular weight is 406 g/mol. The van der Waals surface area contributed by atoms with Gasteiger partial charge in [0.05, 0.1) is 36.3 Å². The molecule has 2 N–H and O–H groups in total. The van der Waals surface area contributed by atoms with Gasteiger partial charge in [-0.1, -0.05) is 0 Å². The Labute approximate surface area is 161 Å². The third-order valence-electron chi connectivity index (χ3n) is 4.16. The first-order valence-corrected chi connectivity index (χ1v) is 10.2. The maximum atomic E-state index is 13.3. The lowest BCUT2D eigenvalue weighted by molar-refractivity contribution is 0.0957. The number of aliphatic hydroxyl groups excluding tert-OH is 1. The van der Waals surface area contributed by atoms with E-state index >= 15 is 0 Å². The Hall–Kier alpha value is -2.98. The topological polar surface area (TPSA) is 105 Å². The number of benzene rings is 2. The molecule has 0 fully saturated rings. The number of fused-ring (bicyclic) bond motifs is 1. The summed E-state index contributed by atoms with van der Waals surface area (Å²) in [6.07, 6.45) is 1.04. The second-order valence-electron chi connectivity index (χ2n) is 6.08. The van der Waals surface area contributed by atoms with E-state index in [4.69, 9.17) is 0 Å². The number of sulfonamides is 1. The number of carbonyl (C=O) groups is 1. The predicted octanol–water partition coefficient (Wildman–Crippen LogP) is 1.28. The van der Waals surface area contributed by atoms with Crippen LogP contribution in [-0.2, 0) is 10.0 Å². The highest BCUT2D eigenvalue weighted by Crippen LogP contribution is 2.27. The van der Waals surface area contributed by atoms with Gasteiger partial charge in [-0.3, -0.25) is 9.10 Å². The van der Waals surface area contributed by atoms with Gasteiger partial charge in [-0.2, -0.15) is 5.10 Å².